The average Bonchev–Trinajstić information content (AvgIpc) is 3.23. The fourth-order valence-corrected chi connectivity index (χ4v) is 5.44. The van der Waals surface area contributed by atoms with Crippen molar-refractivity contribution in [1.29, 1.82) is 5.26 Å². The molecule has 204 valence electrons. The molecular formula is C31H22ClN3O5S. The molecular weight excluding hydrogens is 562 g/mol. The summed E-state index contributed by atoms with van der Waals surface area (Å²) in [5.41, 5.74) is 2.27. The molecule has 0 radical (unpaired) electrons. The number of hydrogen-bond donors (Lipinski definition) is 1. The number of thioether (sulfide) groups is 1. The molecule has 4 aromatic rings. The molecule has 0 aliphatic carbocycles. The number of hydrogen-bond acceptors (Lipinski definition) is 7. The maximum atomic E-state index is 13.1. The molecule has 1 aliphatic rings. The lowest BCUT2D eigenvalue weighted by Crippen LogP contribution is -2.36. The minimum atomic E-state index is -0.586. The van der Waals surface area contributed by atoms with Crippen LogP contribution in [0.15, 0.2) is 83.8 Å². The van der Waals surface area contributed by atoms with Crippen LogP contribution in [-0.2, 0) is 16.2 Å². The summed E-state index contributed by atoms with van der Waals surface area (Å²) >= 11 is 7.23. The molecule has 0 atom stereocenters. The first-order chi connectivity index (χ1) is 19.9. The lowest BCUT2D eigenvalue weighted by atomic mass is 10.1. The van der Waals surface area contributed by atoms with Crippen LogP contribution in [0.1, 0.15) is 16.7 Å². The number of fused-ring (bicyclic) bond motifs is 1. The highest BCUT2D eigenvalue weighted by atomic mass is 35.5. The van der Waals surface area contributed by atoms with E-state index < -0.39 is 23.6 Å². The highest BCUT2D eigenvalue weighted by Gasteiger charge is 2.36. The lowest BCUT2D eigenvalue weighted by Gasteiger charge is -2.14. The molecule has 0 aromatic heterocycles. The Morgan fingerprint density at radius 1 is 1.07 bits per heavy atom. The largest absolute Gasteiger partial charge is 0.493 e. The molecule has 8 nitrogen and oxygen atoms in total. The number of carbonyl (C=O) groups excluding carboxylic acids is 3. The van der Waals surface area contributed by atoms with Gasteiger partial charge in [0.25, 0.3) is 11.1 Å². The van der Waals surface area contributed by atoms with Gasteiger partial charge in [-0.1, -0.05) is 66.2 Å². The Morgan fingerprint density at radius 3 is 2.63 bits per heavy atom. The van der Waals surface area contributed by atoms with Crippen molar-refractivity contribution in [2.45, 2.75) is 6.61 Å². The summed E-state index contributed by atoms with van der Waals surface area (Å²) in [6.07, 6.45) is 1.51. The third-order valence-electron chi connectivity index (χ3n) is 6.30. The number of ether oxygens (including phenoxy) is 2. The van der Waals surface area contributed by atoms with E-state index in [-0.39, 0.29) is 22.3 Å². The minimum absolute atomic E-state index is 0.0961. The number of amides is 3. The smallest absolute Gasteiger partial charge is 0.294 e. The van der Waals surface area contributed by atoms with E-state index in [1.165, 1.54) is 13.2 Å². The molecule has 1 saturated heterocycles. The van der Waals surface area contributed by atoms with Gasteiger partial charge in [0, 0.05) is 16.6 Å². The Morgan fingerprint density at radius 2 is 1.83 bits per heavy atom. The van der Waals surface area contributed by atoms with E-state index in [0.717, 1.165) is 27.4 Å². The molecule has 41 heavy (non-hydrogen) atoms. The van der Waals surface area contributed by atoms with Crippen molar-refractivity contribution in [2.75, 3.05) is 19.0 Å². The fourth-order valence-electron chi connectivity index (χ4n) is 4.32. The summed E-state index contributed by atoms with van der Waals surface area (Å²) in [5, 5.41) is 13.6. The van der Waals surface area contributed by atoms with Crippen LogP contribution in [-0.4, -0.2) is 35.6 Å². The number of benzene rings is 4. The SMILES string of the molecule is COc1cc(/C=C2\SC(=O)N(CC(=O)Nc3cccc4ccccc34)C2=O)cc(Cl)c1OCc1ccccc1C#N. The Kier molecular flexibility index (Phi) is 8.24. The lowest BCUT2D eigenvalue weighted by molar-refractivity contribution is -0.127. The maximum absolute atomic E-state index is 13.1. The van der Waals surface area contributed by atoms with Crippen LogP contribution in [0.25, 0.3) is 16.8 Å². The Hall–Kier alpha value is -4.78. The second-order valence-corrected chi connectivity index (χ2v) is 10.3. The van der Waals surface area contributed by atoms with E-state index in [1.54, 1.807) is 36.4 Å². The summed E-state index contributed by atoms with van der Waals surface area (Å²) in [4.78, 5) is 39.6. The molecule has 10 heteroatoms. The summed E-state index contributed by atoms with van der Waals surface area (Å²) in [6, 6.07) is 25.5. The van der Waals surface area contributed by atoms with Gasteiger partial charge in [0.05, 0.1) is 28.7 Å². The third kappa shape index (κ3) is 6.04. The highest BCUT2D eigenvalue weighted by molar-refractivity contribution is 8.18. The zero-order chi connectivity index (χ0) is 28.9. The highest BCUT2D eigenvalue weighted by Crippen LogP contribution is 2.39. The standard InChI is InChI=1S/C31H22ClN3O5S/c1-39-26-14-19(13-24(32)29(26)40-18-22-9-3-2-8-21(22)16-33)15-27-30(37)35(31(38)41-27)17-28(36)34-25-12-6-10-20-7-4-5-11-23(20)25/h2-15H,17-18H2,1H3,(H,34,36)/b27-15-. The monoisotopic (exact) mass is 583 g/mol. The van der Waals surface area contributed by atoms with Crippen molar-refractivity contribution in [3.8, 4) is 17.6 Å². The fraction of sp³-hybridized carbons (Fsp3) is 0.0968. The molecule has 3 amide bonds. The van der Waals surface area contributed by atoms with E-state index in [1.807, 2.05) is 42.5 Å². The molecule has 1 aliphatic heterocycles. The van der Waals surface area contributed by atoms with Crippen LogP contribution in [0.5, 0.6) is 11.5 Å². The zero-order valence-electron chi connectivity index (χ0n) is 21.7. The minimum Gasteiger partial charge on any atom is -0.493 e. The van der Waals surface area contributed by atoms with Crippen molar-refractivity contribution in [2.24, 2.45) is 0 Å². The van der Waals surface area contributed by atoms with Gasteiger partial charge in [0.15, 0.2) is 11.5 Å². The van der Waals surface area contributed by atoms with Crippen LogP contribution in [0.3, 0.4) is 0 Å². The molecule has 1 heterocycles. The Labute approximate surface area is 245 Å². The van der Waals surface area contributed by atoms with Gasteiger partial charge in [-0.05, 0) is 53.1 Å². The van der Waals surface area contributed by atoms with Gasteiger partial charge in [-0.15, -0.1) is 0 Å². The molecule has 0 unspecified atom stereocenters. The van der Waals surface area contributed by atoms with Crippen molar-refractivity contribution >= 4 is 63.0 Å². The molecule has 4 aromatic carbocycles. The summed E-state index contributed by atoms with van der Waals surface area (Å²) in [6.45, 7) is -0.328. The first-order valence-corrected chi connectivity index (χ1v) is 13.6. The summed E-state index contributed by atoms with van der Waals surface area (Å²) in [5.74, 6) is -0.491. The number of methoxy groups -OCH3 is 1. The van der Waals surface area contributed by atoms with Crippen molar-refractivity contribution in [3.63, 3.8) is 0 Å². The Balaban J connectivity index is 1.30. The number of nitrogens with one attached hydrogen (secondary N) is 1. The summed E-state index contributed by atoms with van der Waals surface area (Å²) in [7, 11) is 1.45. The van der Waals surface area contributed by atoms with Gasteiger partial charge in [-0.3, -0.25) is 19.3 Å². The van der Waals surface area contributed by atoms with Crippen LogP contribution in [0.2, 0.25) is 5.02 Å². The van der Waals surface area contributed by atoms with Crippen LogP contribution in [0.4, 0.5) is 10.5 Å². The van der Waals surface area contributed by atoms with E-state index in [9.17, 15) is 19.6 Å². The number of rotatable bonds is 8. The van der Waals surface area contributed by atoms with Crippen LogP contribution >= 0.6 is 23.4 Å². The maximum Gasteiger partial charge on any atom is 0.294 e. The first-order valence-electron chi connectivity index (χ1n) is 12.4. The summed E-state index contributed by atoms with van der Waals surface area (Å²) < 4.78 is 11.3. The predicted octanol–water partition coefficient (Wildman–Crippen LogP) is 6.63. The molecule has 0 spiro atoms. The number of nitrogens with zero attached hydrogens (tertiary/aromatic N) is 2. The zero-order valence-corrected chi connectivity index (χ0v) is 23.3. The molecule has 1 fully saturated rings. The van der Waals surface area contributed by atoms with Gasteiger partial charge in [-0.2, -0.15) is 5.26 Å². The van der Waals surface area contributed by atoms with Gasteiger partial charge < -0.3 is 14.8 Å². The molecule has 0 saturated carbocycles. The number of anilines is 1. The van der Waals surface area contributed by atoms with Gasteiger partial charge in [0.1, 0.15) is 13.2 Å². The number of carbonyl (C=O) groups is 3. The number of halogens is 1. The van der Waals surface area contributed by atoms with E-state index in [2.05, 4.69) is 11.4 Å². The van der Waals surface area contributed by atoms with Gasteiger partial charge in [0.2, 0.25) is 5.91 Å². The van der Waals surface area contributed by atoms with Crippen molar-refractivity contribution in [3.05, 3.63) is 105 Å². The predicted molar refractivity (Wildman–Crippen MR) is 159 cm³/mol. The van der Waals surface area contributed by atoms with E-state index >= 15 is 0 Å². The van der Waals surface area contributed by atoms with Crippen LogP contribution < -0.4 is 14.8 Å². The van der Waals surface area contributed by atoms with Crippen LogP contribution in [0, 0.1) is 11.3 Å². The van der Waals surface area contributed by atoms with E-state index in [0.29, 0.717) is 28.1 Å². The van der Waals surface area contributed by atoms with Gasteiger partial charge >= 0.3 is 0 Å². The van der Waals surface area contributed by atoms with Crippen molar-refractivity contribution in [1.82, 2.24) is 4.90 Å². The molecule has 1 N–H and O–H groups in total. The Bertz CT molecular complexity index is 1760. The number of imide groups is 1. The topological polar surface area (TPSA) is 109 Å². The molecule has 0 bridgehead atoms. The normalized spacial score (nSPS) is 13.9. The second kappa shape index (κ2) is 12.2. The van der Waals surface area contributed by atoms with Gasteiger partial charge in [-0.25, -0.2) is 0 Å². The van der Waals surface area contributed by atoms with E-state index in [4.69, 9.17) is 21.1 Å². The third-order valence-corrected chi connectivity index (χ3v) is 7.49. The quantitative estimate of drug-likeness (QED) is 0.232. The second-order valence-electron chi connectivity index (χ2n) is 8.93. The first kappa shape index (κ1) is 27.8. The molecule has 5 rings (SSSR count). The van der Waals surface area contributed by atoms with Crippen molar-refractivity contribution < 1.29 is 23.9 Å². The number of nitriles is 1. The average molecular weight is 584 g/mol.